The van der Waals surface area contributed by atoms with Crippen molar-refractivity contribution in [2.45, 2.75) is 71.6 Å². The number of ketones is 1. The number of carbonyl (C=O) groups excluding carboxylic acids is 2. The molecule has 0 aliphatic carbocycles. The topological polar surface area (TPSA) is 82.5 Å². The molecule has 2 aromatic carbocycles. The minimum atomic E-state index is -0.523. The molecule has 186 valence electrons. The highest BCUT2D eigenvalue weighted by Crippen LogP contribution is 2.33. The van der Waals surface area contributed by atoms with Crippen molar-refractivity contribution in [2.75, 3.05) is 13.2 Å². The minimum Gasteiger partial charge on any atom is -0.444 e. The molecular weight excluding hydrogens is 442 g/mol. The maximum Gasteiger partial charge on any atom is 0.407 e. The van der Waals surface area contributed by atoms with E-state index in [1.165, 1.54) is 0 Å². The molecule has 4 rings (SSSR count). The van der Waals surface area contributed by atoms with Crippen molar-refractivity contribution < 1.29 is 19.1 Å². The van der Waals surface area contributed by atoms with E-state index < -0.39 is 11.7 Å². The Bertz CT molecular complexity index is 1200. The number of benzene rings is 2. The van der Waals surface area contributed by atoms with E-state index in [1.807, 2.05) is 68.0 Å². The highest BCUT2D eigenvalue weighted by molar-refractivity contribution is 6.11. The van der Waals surface area contributed by atoms with Crippen molar-refractivity contribution >= 4 is 22.8 Å². The van der Waals surface area contributed by atoms with E-state index in [1.54, 1.807) is 6.92 Å². The standard InChI is InChI=1S/C28H35N3O4/c1-18(16-29-27(33)35-28(3,4)5)20-9-11-21(12-10-20)22-13-14-24-23(26(22)19(2)32)17-31(30-24)25-8-6-7-15-34-25/h9-14,17-18,25H,6-8,15-16H2,1-5H3,(H,29,33). The monoisotopic (exact) mass is 477 g/mol. The number of alkyl carbamates (subject to hydrolysis) is 1. The van der Waals surface area contributed by atoms with Crippen LogP contribution in [-0.2, 0) is 9.47 Å². The number of Topliss-reactive ketones (excluding diaryl/α,β-unsaturated/α-hetero) is 1. The van der Waals surface area contributed by atoms with Crippen molar-refractivity contribution in [3.63, 3.8) is 0 Å². The van der Waals surface area contributed by atoms with Gasteiger partial charge in [0.2, 0.25) is 0 Å². The number of fused-ring (bicyclic) bond motifs is 1. The van der Waals surface area contributed by atoms with Crippen molar-refractivity contribution in [2.24, 2.45) is 0 Å². The molecular formula is C28H35N3O4. The van der Waals surface area contributed by atoms with Crippen LogP contribution in [0.2, 0.25) is 0 Å². The Morgan fingerprint density at radius 2 is 1.91 bits per heavy atom. The average Bonchev–Trinajstić information content (AvgIpc) is 3.26. The average molecular weight is 478 g/mol. The predicted octanol–water partition coefficient (Wildman–Crippen LogP) is 6.23. The molecule has 1 amide bonds. The van der Waals surface area contributed by atoms with Crippen LogP contribution in [0, 0.1) is 0 Å². The lowest BCUT2D eigenvalue weighted by Gasteiger charge is -2.22. The highest BCUT2D eigenvalue weighted by atomic mass is 16.6. The summed E-state index contributed by atoms with van der Waals surface area (Å²) in [4.78, 5) is 24.7. The zero-order chi connectivity index (χ0) is 25.2. The Morgan fingerprint density at radius 3 is 2.54 bits per heavy atom. The van der Waals surface area contributed by atoms with Gasteiger partial charge in [0.25, 0.3) is 0 Å². The first-order chi connectivity index (χ1) is 16.6. The number of nitrogens with one attached hydrogen (secondary N) is 1. The summed E-state index contributed by atoms with van der Waals surface area (Å²) in [7, 11) is 0. The molecule has 2 unspecified atom stereocenters. The van der Waals surface area contributed by atoms with E-state index in [-0.39, 0.29) is 17.9 Å². The second-order valence-electron chi connectivity index (χ2n) is 10.3. The number of aromatic nitrogens is 2. The van der Waals surface area contributed by atoms with Crippen molar-refractivity contribution in [1.82, 2.24) is 15.1 Å². The van der Waals surface area contributed by atoms with E-state index in [9.17, 15) is 9.59 Å². The molecule has 2 atom stereocenters. The van der Waals surface area contributed by atoms with Crippen LogP contribution >= 0.6 is 0 Å². The maximum absolute atomic E-state index is 12.7. The van der Waals surface area contributed by atoms with E-state index in [2.05, 4.69) is 12.2 Å². The summed E-state index contributed by atoms with van der Waals surface area (Å²) in [5, 5.41) is 8.39. The van der Waals surface area contributed by atoms with Crippen molar-refractivity contribution in [1.29, 1.82) is 0 Å². The molecule has 1 aromatic heterocycles. The molecule has 3 aromatic rings. The molecule has 0 radical (unpaired) electrons. The summed E-state index contributed by atoms with van der Waals surface area (Å²) in [6, 6.07) is 12.1. The molecule has 1 N–H and O–H groups in total. The van der Waals surface area contributed by atoms with Gasteiger partial charge in [0.05, 0.1) is 5.52 Å². The third-order valence-corrected chi connectivity index (χ3v) is 6.25. The molecule has 7 heteroatoms. The zero-order valence-corrected chi connectivity index (χ0v) is 21.3. The number of rotatable bonds is 6. The Labute approximate surface area is 206 Å². The smallest absolute Gasteiger partial charge is 0.407 e. The summed E-state index contributed by atoms with van der Waals surface area (Å²) < 4.78 is 13.1. The fraction of sp³-hybridized carbons (Fsp3) is 0.464. The Balaban J connectivity index is 1.55. The van der Waals surface area contributed by atoms with Crippen LogP contribution in [0.1, 0.15) is 81.9 Å². The highest BCUT2D eigenvalue weighted by Gasteiger charge is 2.21. The van der Waals surface area contributed by atoms with Crippen LogP contribution in [0.15, 0.2) is 42.6 Å². The zero-order valence-electron chi connectivity index (χ0n) is 21.3. The molecule has 2 heterocycles. The lowest BCUT2D eigenvalue weighted by molar-refractivity contribution is -0.0390. The number of nitrogens with zero attached hydrogens (tertiary/aromatic N) is 2. The van der Waals surface area contributed by atoms with Crippen LogP contribution in [-0.4, -0.2) is 40.4 Å². The van der Waals surface area contributed by atoms with Crippen LogP contribution in [0.5, 0.6) is 0 Å². The molecule has 0 spiro atoms. The minimum absolute atomic E-state index is 0.00807. The van der Waals surface area contributed by atoms with Crippen LogP contribution in [0.25, 0.3) is 22.0 Å². The predicted molar refractivity (Wildman–Crippen MR) is 137 cm³/mol. The molecule has 1 aliphatic heterocycles. The van der Waals surface area contributed by atoms with Crippen molar-refractivity contribution in [3.05, 3.63) is 53.7 Å². The second kappa shape index (κ2) is 10.2. The van der Waals surface area contributed by atoms with Gasteiger partial charge in [0, 0.05) is 30.3 Å². The van der Waals surface area contributed by atoms with Crippen LogP contribution in [0.4, 0.5) is 4.79 Å². The molecule has 0 saturated carbocycles. The number of carbonyl (C=O) groups is 2. The Morgan fingerprint density at radius 1 is 1.17 bits per heavy atom. The maximum atomic E-state index is 12.7. The molecule has 1 aliphatic rings. The lowest BCUT2D eigenvalue weighted by atomic mass is 9.92. The fourth-order valence-electron chi connectivity index (χ4n) is 4.47. The summed E-state index contributed by atoms with van der Waals surface area (Å²) in [5.41, 5.74) is 3.90. The second-order valence-corrected chi connectivity index (χ2v) is 10.3. The van der Waals surface area contributed by atoms with Gasteiger partial charge in [-0.3, -0.25) is 4.79 Å². The third kappa shape index (κ3) is 5.90. The first-order valence-electron chi connectivity index (χ1n) is 12.3. The van der Waals surface area contributed by atoms with Gasteiger partial charge in [0.1, 0.15) is 11.8 Å². The van der Waals surface area contributed by atoms with Gasteiger partial charge in [-0.1, -0.05) is 37.3 Å². The van der Waals surface area contributed by atoms with Crippen LogP contribution < -0.4 is 5.32 Å². The van der Waals surface area contributed by atoms with E-state index in [0.717, 1.165) is 53.5 Å². The van der Waals surface area contributed by atoms with E-state index in [4.69, 9.17) is 14.6 Å². The largest absolute Gasteiger partial charge is 0.444 e. The lowest BCUT2D eigenvalue weighted by Crippen LogP contribution is -2.34. The third-order valence-electron chi connectivity index (χ3n) is 6.25. The summed E-state index contributed by atoms with van der Waals surface area (Å²) in [6.07, 6.45) is 4.58. The normalized spacial score (nSPS) is 17.2. The van der Waals surface area contributed by atoms with Crippen molar-refractivity contribution in [3.8, 4) is 11.1 Å². The Kier molecular flexibility index (Phi) is 7.26. The molecule has 1 saturated heterocycles. The SMILES string of the molecule is CC(=O)c1c(-c2ccc(C(C)CNC(=O)OC(C)(C)C)cc2)ccc2nn(C3CCCCO3)cc12. The number of hydrogen-bond donors (Lipinski definition) is 1. The van der Waals surface area contributed by atoms with Gasteiger partial charge in [-0.15, -0.1) is 0 Å². The number of amides is 1. The Hall–Kier alpha value is -3.19. The van der Waals surface area contributed by atoms with E-state index in [0.29, 0.717) is 12.1 Å². The number of hydrogen-bond acceptors (Lipinski definition) is 5. The molecule has 7 nitrogen and oxygen atoms in total. The number of ether oxygens (including phenoxy) is 2. The summed E-state index contributed by atoms with van der Waals surface area (Å²) in [5.74, 6) is 0.119. The molecule has 35 heavy (non-hydrogen) atoms. The van der Waals surface area contributed by atoms with Crippen LogP contribution in [0.3, 0.4) is 0 Å². The van der Waals surface area contributed by atoms with Gasteiger partial charge in [0.15, 0.2) is 5.78 Å². The van der Waals surface area contributed by atoms with Gasteiger partial charge in [-0.25, -0.2) is 9.48 Å². The fourth-order valence-corrected chi connectivity index (χ4v) is 4.47. The first-order valence-corrected chi connectivity index (χ1v) is 12.3. The van der Waals surface area contributed by atoms with Gasteiger partial charge >= 0.3 is 6.09 Å². The molecule has 0 bridgehead atoms. The summed E-state index contributed by atoms with van der Waals surface area (Å²) >= 11 is 0. The first kappa shape index (κ1) is 24.9. The van der Waals surface area contributed by atoms with E-state index >= 15 is 0 Å². The quantitative estimate of drug-likeness (QED) is 0.425. The van der Waals surface area contributed by atoms with Gasteiger partial charge < -0.3 is 14.8 Å². The molecule has 1 fully saturated rings. The van der Waals surface area contributed by atoms with Gasteiger partial charge in [-0.2, -0.15) is 5.10 Å². The summed E-state index contributed by atoms with van der Waals surface area (Å²) in [6.45, 7) is 10.4. The van der Waals surface area contributed by atoms with Gasteiger partial charge in [-0.05, 0) is 75.6 Å².